The SMILES string of the molecule is O=C(O)C1(O)C[C@H](O)C[C@@H]([C@H](O)CO)O1. The zero-order valence-electron chi connectivity index (χ0n) is 7.91. The Balaban J connectivity index is 2.75. The average Bonchev–Trinajstić information content (AvgIpc) is 2.15. The number of carboxylic acid groups (broad SMARTS) is 1. The second-order valence-electron chi connectivity index (χ2n) is 3.59. The zero-order valence-corrected chi connectivity index (χ0v) is 7.91. The summed E-state index contributed by atoms with van der Waals surface area (Å²) in [5.74, 6) is -4.13. The molecular weight excluding hydrogens is 208 g/mol. The largest absolute Gasteiger partial charge is 0.477 e. The Bertz CT molecular complexity index is 243. The molecule has 15 heavy (non-hydrogen) atoms. The van der Waals surface area contributed by atoms with Crippen molar-refractivity contribution in [1.82, 2.24) is 0 Å². The molecule has 0 saturated carbocycles. The third-order valence-electron chi connectivity index (χ3n) is 2.31. The van der Waals surface area contributed by atoms with Crippen molar-refractivity contribution in [3.05, 3.63) is 0 Å². The minimum Gasteiger partial charge on any atom is -0.477 e. The fraction of sp³-hybridized carbons (Fsp3) is 0.875. The molecule has 4 atom stereocenters. The molecule has 0 spiro atoms. The van der Waals surface area contributed by atoms with E-state index in [1.54, 1.807) is 0 Å². The van der Waals surface area contributed by atoms with Gasteiger partial charge in [-0.1, -0.05) is 0 Å². The van der Waals surface area contributed by atoms with Gasteiger partial charge in [-0.3, -0.25) is 0 Å². The normalized spacial score (nSPS) is 38.7. The summed E-state index contributed by atoms with van der Waals surface area (Å²) in [7, 11) is 0. The molecule has 1 fully saturated rings. The Morgan fingerprint density at radius 3 is 2.67 bits per heavy atom. The van der Waals surface area contributed by atoms with E-state index in [2.05, 4.69) is 0 Å². The van der Waals surface area contributed by atoms with Gasteiger partial charge in [0.1, 0.15) is 6.10 Å². The molecule has 88 valence electrons. The number of carbonyl (C=O) groups is 1. The third kappa shape index (κ3) is 2.64. The molecular formula is C8H14O7. The highest BCUT2D eigenvalue weighted by Gasteiger charge is 2.47. The summed E-state index contributed by atoms with van der Waals surface area (Å²) in [6, 6.07) is 0. The van der Waals surface area contributed by atoms with Crippen molar-refractivity contribution in [3.63, 3.8) is 0 Å². The van der Waals surface area contributed by atoms with Crippen LogP contribution in [0.3, 0.4) is 0 Å². The van der Waals surface area contributed by atoms with Crippen LogP contribution in [0.15, 0.2) is 0 Å². The lowest BCUT2D eigenvalue weighted by Gasteiger charge is -2.38. The lowest BCUT2D eigenvalue weighted by atomic mass is 9.96. The summed E-state index contributed by atoms with van der Waals surface area (Å²) in [6.45, 7) is -0.632. The summed E-state index contributed by atoms with van der Waals surface area (Å²) >= 11 is 0. The van der Waals surface area contributed by atoms with Crippen LogP contribution in [0, 0.1) is 0 Å². The Morgan fingerprint density at radius 2 is 2.20 bits per heavy atom. The number of hydrogen-bond acceptors (Lipinski definition) is 6. The maximum atomic E-state index is 10.6. The molecule has 5 N–H and O–H groups in total. The first kappa shape index (κ1) is 12.3. The van der Waals surface area contributed by atoms with Crippen LogP contribution >= 0.6 is 0 Å². The van der Waals surface area contributed by atoms with Gasteiger partial charge in [0, 0.05) is 12.8 Å². The molecule has 0 aliphatic carbocycles. The smallest absolute Gasteiger partial charge is 0.364 e. The van der Waals surface area contributed by atoms with Crippen LogP contribution in [-0.2, 0) is 9.53 Å². The monoisotopic (exact) mass is 222 g/mol. The first-order valence-electron chi connectivity index (χ1n) is 4.49. The van der Waals surface area contributed by atoms with Crippen LogP contribution in [0.25, 0.3) is 0 Å². The van der Waals surface area contributed by atoms with Gasteiger partial charge >= 0.3 is 5.97 Å². The summed E-state index contributed by atoms with van der Waals surface area (Å²) in [4.78, 5) is 10.6. The van der Waals surface area contributed by atoms with Crippen molar-refractivity contribution in [2.24, 2.45) is 0 Å². The summed E-state index contributed by atoms with van der Waals surface area (Å²) in [6.07, 6.45) is -4.01. The number of rotatable bonds is 3. The van der Waals surface area contributed by atoms with Crippen molar-refractivity contribution in [1.29, 1.82) is 0 Å². The third-order valence-corrected chi connectivity index (χ3v) is 2.31. The van der Waals surface area contributed by atoms with Gasteiger partial charge in [-0.15, -0.1) is 0 Å². The van der Waals surface area contributed by atoms with E-state index >= 15 is 0 Å². The molecule has 1 rings (SSSR count). The van der Waals surface area contributed by atoms with E-state index in [4.69, 9.17) is 14.9 Å². The molecule has 7 heteroatoms. The van der Waals surface area contributed by atoms with E-state index in [9.17, 15) is 20.1 Å². The molecule has 0 amide bonds. The van der Waals surface area contributed by atoms with E-state index in [1.807, 2.05) is 0 Å². The highest BCUT2D eigenvalue weighted by molar-refractivity contribution is 5.75. The number of ether oxygens (including phenoxy) is 1. The molecule has 7 nitrogen and oxygen atoms in total. The van der Waals surface area contributed by atoms with Crippen LogP contribution in [0.5, 0.6) is 0 Å². The van der Waals surface area contributed by atoms with Crippen molar-refractivity contribution < 1.29 is 35.1 Å². The van der Waals surface area contributed by atoms with E-state index in [1.165, 1.54) is 0 Å². The van der Waals surface area contributed by atoms with Crippen molar-refractivity contribution >= 4 is 5.97 Å². The second-order valence-corrected chi connectivity index (χ2v) is 3.59. The van der Waals surface area contributed by atoms with Crippen LogP contribution in [0.4, 0.5) is 0 Å². The molecule has 0 aromatic carbocycles. The first-order valence-corrected chi connectivity index (χ1v) is 4.49. The predicted octanol–water partition coefficient (Wildman–Crippen LogP) is -2.35. The zero-order chi connectivity index (χ0) is 11.6. The predicted molar refractivity (Wildman–Crippen MR) is 45.8 cm³/mol. The van der Waals surface area contributed by atoms with Gasteiger partial charge in [-0.25, -0.2) is 4.79 Å². The molecule has 0 bridgehead atoms. The van der Waals surface area contributed by atoms with Crippen LogP contribution < -0.4 is 0 Å². The fourth-order valence-electron chi connectivity index (χ4n) is 1.51. The van der Waals surface area contributed by atoms with Gasteiger partial charge < -0.3 is 30.3 Å². The maximum absolute atomic E-state index is 10.6. The standard InChI is InChI=1S/C8H14O7/c9-3-5(11)6-1-4(10)2-8(14,15-6)7(12)13/h4-6,9-11,14H,1-3H2,(H,12,13)/t4-,5-,6+,8?/m1/s1. The van der Waals surface area contributed by atoms with Crippen molar-refractivity contribution in [2.45, 2.75) is 36.9 Å². The van der Waals surface area contributed by atoms with Gasteiger partial charge in [0.2, 0.25) is 0 Å². The van der Waals surface area contributed by atoms with Gasteiger partial charge in [-0.05, 0) is 0 Å². The molecule has 0 radical (unpaired) electrons. The Kier molecular flexibility index (Phi) is 3.63. The molecule has 1 aliphatic rings. The van der Waals surface area contributed by atoms with Gasteiger partial charge in [0.15, 0.2) is 0 Å². The number of aliphatic carboxylic acids is 1. The van der Waals surface area contributed by atoms with E-state index in [-0.39, 0.29) is 6.42 Å². The number of hydrogen-bond donors (Lipinski definition) is 5. The number of aliphatic hydroxyl groups excluding tert-OH is 3. The van der Waals surface area contributed by atoms with Crippen molar-refractivity contribution in [2.75, 3.05) is 6.61 Å². The number of carboxylic acids is 1. The maximum Gasteiger partial charge on any atom is 0.364 e. The summed E-state index contributed by atoms with van der Waals surface area (Å²) < 4.78 is 4.74. The Morgan fingerprint density at radius 1 is 1.60 bits per heavy atom. The quantitative estimate of drug-likeness (QED) is 0.362. The minimum absolute atomic E-state index is 0.0304. The topological polar surface area (TPSA) is 127 Å². The van der Waals surface area contributed by atoms with Gasteiger partial charge in [0.05, 0.1) is 18.8 Å². The lowest BCUT2D eigenvalue weighted by Crippen LogP contribution is -2.54. The first-order chi connectivity index (χ1) is 6.89. The van der Waals surface area contributed by atoms with E-state index < -0.39 is 43.1 Å². The highest BCUT2D eigenvalue weighted by Crippen LogP contribution is 2.28. The molecule has 1 heterocycles. The van der Waals surface area contributed by atoms with E-state index in [0.717, 1.165) is 0 Å². The van der Waals surface area contributed by atoms with Crippen LogP contribution in [-0.4, -0.2) is 62.2 Å². The number of aliphatic hydroxyl groups is 4. The molecule has 1 aliphatic heterocycles. The average molecular weight is 222 g/mol. The second kappa shape index (κ2) is 4.42. The molecule has 1 unspecified atom stereocenters. The Labute approximate surface area is 85.5 Å². The Hall–Kier alpha value is -0.730. The van der Waals surface area contributed by atoms with Crippen LogP contribution in [0.2, 0.25) is 0 Å². The van der Waals surface area contributed by atoms with Crippen LogP contribution in [0.1, 0.15) is 12.8 Å². The molecule has 0 aromatic heterocycles. The molecule has 0 aromatic rings. The van der Waals surface area contributed by atoms with Gasteiger partial charge in [0.25, 0.3) is 5.79 Å². The minimum atomic E-state index is -2.50. The van der Waals surface area contributed by atoms with Gasteiger partial charge in [-0.2, -0.15) is 0 Å². The summed E-state index contributed by atoms with van der Waals surface area (Å²) in [5, 5.41) is 45.3. The van der Waals surface area contributed by atoms with Crippen molar-refractivity contribution in [3.8, 4) is 0 Å². The molecule has 1 saturated heterocycles. The van der Waals surface area contributed by atoms with E-state index in [0.29, 0.717) is 0 Å². The fourth-order valence-corrected chi connectivity index (χ4v) is 1.51. The summed E-state index contributed by atoms with van der Waals surface area (Å²) in [5.41, 5.74) is 0. The lowest BCUT2D eigenvalue weighted by molar-refractivity contribution is -0.283. The highest BCUT2D eigenvalue weighted by atomic mass is 16.7.